The molecule has 0 radical (unpaired) electrons. The number of hydrogen-bond donors (Lipinski definition) is 2. The van der Waals surface area contributed by atoms with Gasteiger partial charge < -0.3 is 15.0 Å². The molecule has 1 fully saturated rings. The summed E-state index contributed by atoms with van der Waals surface area (Å²) in [4.78, 5) is 33.5. The molecule has 1 aromatic heterocycles. The van der Waals surface area contributed by atoms with E-state index in [1.54, 1.807) is 0 Å². The van der Waals surface area contributed by atoms with Crippen LogP contribution in [0.3, 0.4) is 0 Å². The second-order valence-corrected chi connectivity index (χ2v) is 8.63. The molecule has 3 aromatic rings. The van der Waals surface area contributed by atoms with Gasteiger partial charge in [0.2, 0.25) is 0 Å². The van der Waals surface area contributed by atoms with Gasteiger partial charge in [0.15, 0.2) is 5.78 Å². The van der Waals surface area contributed by atoms with E-state index in [4.69, 9.17) is 4.74 Å². The first-order valence-corrected chi connectivity index (χ1v) is 11.1. The molecule has 2 N–H and O–H groups in total. The maximum atomic E-state index is 13.6. The molecule has 4 rings (SSSR count). The molecule has 6 nitrogen and oxygen atoms in total. The van der Waals surface area contributed by atoms with Crippen molar-refractivity contribution in [2.45, 2.75) is 31.2 Å². The Morgan fingerprint density at radius 3 is 2.58 bits per heavy atom. The zero-order valence-corrected chi connectivity index (χ0v) is 18.8. The highest BCUT2D eigenvalue weighted by Gasteiger charge is 2.39. The molecule has 1 heterocycles. The number of hydrogen-bond acceptors (Lipinski definition) is 4. The van der Waals surface area contributed by atoms with Gasteiger partial charge in [-0.15, -0.1) is 0 Å². The van der Waals surface area contributed by atoms with Crippen LogP contribution in [0.15, 0.2) is 65.3 Å². The smallest absolute Gasteiger partial charge is 0.407 e. The molecule has 0 aliphatic heterocycles. The topological polar surface area (TPSA) is 84.1 Å². The number of alkyl carbamates (subject to hydrolysis) is 1. The van der Waals surface area contributed by atoms with Crippen LogP contribution < -0.4 is 5.32 Å². The number of benzene rings is 2. The molecule has 2 aromatic carbocycles. The molecule has 1 aliphatic rings. The van der Waals surface area contributed by atoms with Crippen molar-refractivity contribution in [3.8, 4) is 11.3 Å². The number of halogens is 1. The number of aromatic nitrogens is 2. The van der Waals surface area contributed by atoms with Crippen LogP contribution in [0.1, 0.15) is 42.6 Å². The van der Waals surface area contributed by atoms with E-state index in [2.05, 4.69) is 31.2 Å². The first-order chi connectivity index (χ1) is 15.1. The average molecular weight is 482 g/mol. The number of Topliss-reactive ketones (excluding diaryl/α,β-unsaturated/α-hetero) is 1. The van der Waals surface area contributed by atoms with Gasteiger partial charge in [0.25, 0.3) is 0 Å². The Morgan fingerprint density at radius 1 is 1.13 bits per heavy atom. The number of carbonyl (C=O) groups excluding carboxylic acids is 2. The van der Waals surface area contributed by atoms with Gasteiger partial charge in [0.05, 0.1) is 19.0 Å². The number of ether oxygens (including phenoxy) is 1. The minimum absolute atomic E-state index is 0.0117. The van der Waals surface area contributed by atoms with E-state index < -0.39 is 12.1 Å². The van der Waals surface area contributed by atoms with Crippen molar-refractivity contribution in [2.75, 3.05) is 7.11 Å². The summed E-state index contributed by atoms with van der Waals surface area (Å²) in [6.45, 7) is 0. The van der Waals surface area contributed by atoms with Gasteiger partial charge in [-0.05, 0) is 36.1 Å². The Bertz CT molecular complexity index is 1050. The lowest BCUT2D eigenvalue weighted by atomic mass is 9.85. The molecule has 0 bridgehead atoms. The van der Waals surface area contributed by atoms with Crippen molar-refractivity contribution < 1.29 is 14.3 Å². The van der Waals surface area contributed by atoms with Crippen LogP contribution in [0.2, 0.25) is 0 Å². The number of amides is 1. The Labute approximate surface area is 189 Å². The molecule has 1 saturated carbocycles. The van der Waals surface area contributed by atoms with Crippen LogP contribution in [0.25, 0.3) is 11.3 Å². The van der Waals surface area contributed by atoms with Crippen molar-refractivity contribution in [2.24, 2.45) is 5.92 Å². The molecule has 1 aliphatic carbocycles. The Kier molecular flexibility index (Phi) is 6.51. The number of rotatable bonds is 6. The summed E-state index contributed by atoms with van der Waals surface area (Å²) < 4.78 is 5.78. The Balaban J connectivity index is 1.58. The number of H-pyrrole nitrogens is 1. The third-order valence-corrected chi connectivity index (χ3v) is 6.38. The predicted octanol–water partition coefficient (Wildman–Crippen LogP) is 5.39. The van der Waals surface area contributed by atoms with Crippen molar-refractivity contribution in [1.29, 1.82) is 0 Å². The number of nitrogens with one attached hydrogen (secondary N) is 2. The molecular weight excluding hydrogens is 458 g/mol. The molecule has 160 valence electrons. The van der Waals surface area contributed by atoms with Gasteiger partial charge in [-0.3, -0.25) is 4.79 Å². The molecule has 3 atom stereocenters. The number of aromatic amines is 1. The fourth-order valence-electron chi connectivity index (χ4n) is 4.28. The van der Waals surface area contributed by atoms with Gasteiger partial charge >= 0.3 is 6.09 Å². The van der Waals surface area contributed by atoms with E-state index in [1.807, 2.05) is 60.8 Å². The third kappa shape index (κ3) is 4.71. The number of ketones is 1. The molecular formula is C24H24BrN3O3. The highest BCUT2D eigenvalue weighted by atomic mass is 79.9. The van der Waals surface area contributed by atoms with Crippen molar-refractivity contribution >= 4 is 27.8 Å². The lowest BCUT2D eigenvalue weighted by molar-refractivity contribution is -0.125. The Morgan fingerprint density at radius 2 is 1.87 bits per heavy atom. The SMILES string of the molecule is COC(=O)N[C@H](C(=O)C1CCC[C@H]1c1ncc(-c2ccc(Br)cc2)[nH]1)c1ccccc1. The lowest BCUT2D eigenvalue weighted by Gasteiger charge is -2.24. The van der Waals surface area contributed by atoms with E-state index >= 15 is 0 Å². The van der Waals surface area contributed by atoms with Gasteiger partial charge in [-0.1, -0.05) is 64.8 Å². The third-order valence-electron chi connectivity index (χ3n) is 5.85. The van der Waals surface area contributed by atoms with E-state index in [-0.39, 0.29) is 17.6 Å². The highest BCUT2D eigenvalue weighted by molar-refractivity contribution is 9.10. The molecule has 1 unspecified atom stereocenters. The predicted molar refractivity (Wildman–Crippen MR) is 122 cm³/mol. The average Bonchev–Trinajstić information content (AvgIpc) is 3.47. The molecule has 31 heavy (non-hydrogen) atoms. The maximum Gasteiger partial charge on any atom is 0.407 e. The molecule has 1 amide bonds. The first-order valence-electron chi connectivity index (χ1n) is 10.3. The Hall–Kier alpha value is -2.93. The van der Waals surface area contributed by atoms with Gasteiger partial charge in [0, 0.05) is 16.3 Å². The quantitative estimate of drug-likeness (QED) is 0.494. The monoisotopic (exact) mass is 481 g/mol. The van der Waals surface area contributed by atoms with E-state index in [9.17, 15) is 9.59 Å². The minimum atomic E-state index is -0.750. The van der Waals surface area contributed by atoms with Crippen molar-refractivity contribution in [1.82, 2.24) is 15.3 Å². The number of imidazole rings is 1. The fourth-order valence-corrected chi connectivity index (χ4v) is 4.55. The zero-order valence-electron chi connectivity index (χ0n) is 17.2. The van der Waals surface area contributed by atoms with Crippen molar-refractivity contribution in [3.05, 3.63) is 76.7 Å². The maximum absolute atomic E-state index is 13.6. The first kappa shape index (κ1) is 21.3. The number of methoxy groups -OCH3 is 1. The number of carbonyl (C=O) groups is 2. The van der Waals surface area contributed by atoms with Crippen LogP contribution in [-0.4, -0.2) is 29.0 Å². The molecule has 0 saturated heterocycles. The van der Waals surface area contributed by atoms with Crippen LogP contribution in [0.4, 0.5) is 4.79 Å². The van der Waals surface area contributed by atoms with E-state index in [0.717, 1.165) is 46.4 Å². The summed E-state index contributed by atoms with van der Waals surface area (Å²) in [5.41, 5.74) is 2.71. The van der Waals surface area contributed by atoms with Crippen LogP contribution >= 0.6 is 15.9 Å². The van der Waals surface area contributed by atoms with Gasteiger partial charge in [0.1, 0.15) is 11.9 Å². The van der Waals surface area contributed by atoms with E-state index in [1.165, 1.54) is 7.11 Å². The van der Waals surface area contributed by atoms with Gasteiger partial charge in [-0.25, -0.2) is 9.78 Å². The highest BCUT2D eigenvalue weighted by Crippen LogP contribution is 2.41. The van der Waals surface area contributed by atoms with Crippen molar-refractivity contribution in [3.63, 3.8) is 0 Å². The number of nitrogens with zero attached hydrogens (tertiary/aromatic N) is 1. The summed E-state index contributed by atoms with van der Waals surface area (Å²) in [7, 11) is 1.30. The van der Waals surface area contributed by atoms with Crippen LogP contribution in [0.5, 0.6) is 0 Å². The summed E-state index contributed by atoms with van der Waals surface area (Å²) in [5, 5.41) is 2.72. The van der Waals surface area contributed by atoms with Crippen LogP contribution in [-0.2, 0) is 9.53 Å². The standard InChI is InChI=1S/C24H24BrN3O3/c1-31-24(30)28-21(16-6-3-2-4-7-16)22(29)18-8-5-9-19(18)23-26-14-20(27-23)15-10-12-17(25)13-11-15/h2-4,6-7,10-14,18-19,21H,5,8-9H2,1H3,(H,26,27)(H,28,30)/t18?,19-,21+/m1/s1. The van der Waals surface area contributed by atoms with E-state index in [0.29, 0.717) is 0 Å². The lowest BCUT2D eigenvalue weighted by Crippen LogP contribution is -2.37. The molecule has 0 spiro atoms. The normalized spacial score (nSPS) is 19.0. The second-order valence-electron chi connectivity index (χ2n) is 7.71. The molecule has 7 heteroatoms. The zero-order chi connectivity index (χ0) is 21.8. The second kappa shape index (κ2) is 9.47. The summed E-state index contributed by atoms with van der Waals surface area (Å²) in [6, 6.07) is 16.6. The minimum Gasteiger partial charge on any atom is -0.453 e. The largest absolute Gasteiger partial charge is 0.453 e. The summed E-state index contributed by atoms with van der Waals surface area (Å²) in [5.74, 6) is 0.563. The van der Waals surface area contributed by atoms with Crippen LogP contribution in [0, 0.1) is 5.92 Å². The van der Waals surface area contributed by atoms with Gasteiger partial charge in [-0.2, -0.15) is 0 Å². The fraction of sp³-hybridized carbons (Fsp3) is 0.292. The summed E-state index contributed by atoms with van der Waals surface area (Å²) >= 11 is 3.45. The summed E-state index contributed by atoms with van der Waals surface area (Å²) in [6.07, 6.45) is 3.79.